The zero-order valence-corrected chi connectivity index (χ0v) is 25.9. The average molecular weight is 619 g/mol. The molecule has 1 aliphatic heterocycles. The second-order valence-electron chi connectivity index (χ2n) is 11.4. The van der Waals surface area contributed by atoms with Gasteiger partial charge in [-0.05, 0) is 69.7 Å². The van der Waals surface area contributed by atoms with Gasteiger partial charge < -0.3 is 24.6 Å². The monoisotopic (exact) mass is 618 g/mol. The summed E-state index contributed by atoms with van der Waals surface area (Å²) in [6.45, 7) is 10.3. The second-order valence-corrected chi connectivity index (χ2v) is 11.4. The number of aromatic nitrogens is 3. The first-order chi connectivity index (χ1) is 21.7. The molecule has 11 nitrogen and oxygen atoms in total. The number of fused-ring (bicyclic) bond motifs is 3. The van der Waals surface area contributed by atoms with Gasteiger partial charge >= 0.3 is 6.09 Å². The number of carbonyl (C=O) groups excluding carboxylic acids is 1. The number of hydrogen-bond acceptors (Lipinski definition) is 9. The largest absolute Gasteiger partial charge is 0.487 e. The summed E-state index contributed by atoms with van der Waals surface area (Å²) in [6.07, 6.45) is 1.91. The third-order valence-corrected chi connectivity index (χ3v) is 7.46. The summed E-state index contributed by atoms with van der Waals surface area (Å²) in [5, 5.41) is 15.0. The van der Waals surface area contributed by atoms with Crippen LogP contribution < -0.4 is 25.1 Å². The molecule has 1 amide bonds. The van der Waals surface area contributed by atoms with E-state index < -0.39 is 12.2 Å². The molecular weight excluding hydrogens is 579 g/mol. The predicted octanol–water partition coefficient (Wildman–Crippen LogP) is 4.58. The van der Waals surface area contributed by atoms with E-state index >= 15 is 0 Å². The van der Waals surface area contributed by atoms with Gasteiger partial charge in [-0.25, -0.2) is 14.2 Å². The first-order valence-electron chi connectivity index (χ1n) is 15.1. The first kappa shape index (κ1) is 31.9. The number of anilines is 1. The fourth-order valence-corrected chi connectivity index (χ4v) is 5.32. The fourth-order valence-electron chi connectivity index (χ4n) is 5.32. The van der Waals surface area contributed by atoms with E-state index in [0.29, 0.717) is 43.1 Å². The van der Waals surface area contributed by atoms with Crippen molar-refractivity contribution in [2.24, 2.45) is 4.99 Å². The summed E-state index contributed by atoms with van der Waals surface area (Å²) in [7, 11) is 0. The lowest BCUT2D eigenvalue weighted by molar-refractivity contribution is 0.0437. The summed E-state index contributed by atoms with van der Waals surface area (Å²) in [5.41, 5.74) is 1.47. The second kappa shape index (κ2) is 14.5. The zero-order chi connectivity index (χ0) is 31.9. The summed E-state index contributed by atoms with van der Waals surface area (Å²) < 4.78 is 33.1. The van der Waals surface area contributed by atoms with Gasteiger partial charge in [-0.15, -0.1) is 4.99 Å². The van der Waals surface area contributed by atoms with Gasteiger partial charge in [0, 0.05) is 49.7 Å². The maximum absolute atomic E-state index is 13.4. The van der Waals surface area contributed by atoms with E-state index in [2.05, 4.69) is 47.9 Å². The highest BCUT2D eigenvalue weighted by Gasteiger charge is 2.23. The Bertz CT molecular complexity index is 1670. The van der Waals surface area contributed by atoms with Crippen molar-refractivity contribution in [2.75, 3.05) is 31.6 Å². The van der Waals surface area contributed by atoms with Crippen molar-refractivity contribution in [3.63, 3.8) is 0 Å². The minimum Gasteiger partial charge on any atom is -0.487 e. The van der Waals surface area contributed by atoms with Gasteiger partial charge in [-0.1, -0.05) is 12.1 Å². The van der Waals surface area contributed by atoms with Crippen molar-refractivity contribution >= 4 is 22.8 Å². The molecule has 2 aromatic carbocycles. The topological polar surface area (TPSA) is 123 Å². The summed E-state index contributed by atoms with van der Waals surface area (Å²) in [6, 6.07) is 13.7. The van der Waals surface area contributed by atoms with E-state index in [1.165, 1.54) is 18.3 Å². The summed E-state index contributed by atoms with van der Waals surface area (Å²) in [4.78, 5) is 27.9. The lowest BCUT2D eigenvalue weighted by Gasteiger charge is -2.32. The van der Waals surface area contributed by atoms with Crippen molar-refractivity contribution in [3.8, 4) is 17.2 Å². The van der Waals surface area contributed by atoms with Crippen LogP contribution >= 0.6 is 0 Å². The highest BCUT2D eigenvalue weighted by molar-refractivity contribution is 5.95. The quantitative estimate of drug-likeness (QED) is 0.235. The SMILES string of the molecule is CC(C)N(C[C@@H](O)COc1ccc2c3n(c(=NC(=O)Oc4cccnc4)nc2c1OCCc1ccc(F)cc1)CCN3)C(C)C. The number of nitrogens with one attached hydrogen (secondary N) is 1. The van der Waals surface area contributed by atoms with Crippen molar-refractivity contribution < 1.29 is 28.5 Å². The van der Waals surface area contributed by atoms with Crippen molar-refractivity contribution in [1.29, 1.82) is 0 Å². The Balaban J connectivity index is 1.49. The zero-order valence-electron chi connectivity index (χ0n) is 25.9. The summed E-state index contributed by atoms with van der Waals surface area (Å²) in [5.74, 6) is 1.42. The molecule has 0 saturated heterocycles. The van der Waals surface area contributed by atoms with Crippen molar-refractivity contribution in [1.82, 2.24) is 19.4 Å². The Morgan fingerprint density at radius 3 is 2.60 bits per heavy atom. The Morgan fingerprint density at radius 1 is 1.11 bits per heavy atom. The molecule has 1 aliphatic rings. The molecule has 0 spiro atoms. The number of hydrogen-bond donors (Lipinski definition) is 2. The van der Waals surface area contributed by atoms with Crippen LogP contribution in [0.25, 0.3) is 10.9 Å². The Morgan fingerprint density at radius 2 is 1.89 bits per heavy atom. The number of aliphatic hydroxyl groups excluding tert-OH is 1. The molecule has 0 aliphatic carbocycles. The van der Waals surface area contributed by atoms with E-state index in [1.54, 1.807) is 36.5 Å². The molecule has 2 aromatic heterocycles. The van der Waals surface area contributed by atoms with Crippen LogP contribution in [0, 0.1) is 5.82 Å². The van der Waals surface area contributed by atoms with Crippen LogP contribution in [0.1, 0.15) is 33.3 Å². The standard InChI is InChI=1S/C33H39FN6O5/c1-21(2)40(22(3)4)19-25(41)20-44-28-12-11-27-29(30(28)43-17-13-23-7-9-24(34)10-8-23)37-32(39-16-15-36-31(27)39)38-33(42)45-26-6-5-14-35-18-26/h5-12,14,18,21-22,25,36,41H,13,15-17,19-20H2,1-4H3/t25-/m1/s1. The van der Waals surface area contributed by atoms with Gasteiger partial charge in [0.1, 0.15) is 29.9 Å². The molecule has 238 valence electrons. The first-order valence-corrected chi connectivity index (χ1v) is 15.1. The van der Waals surface area contributed by atoms with E-state index in [1.807, 2.05) is 10.6 Å². The number of rotatable bonds is 12. The number of benzene rings is 2. The van der Waals surface area contributed by atoms with Gasteiger partial charge in [0.25, 0.3) is 0 Å². The number of nitrogens with zero attached hydrogens (tertiary/aromatic N) is 5. The van der Waals surface area contributed by atoms with Gasteiger partial charge in [-0.2, -0.15) is 0 Å². The molecule has 4 aromatic rings. The average Bonchev–Trinajstić information content (AvgIpc) is 3.51. The van der Waals surface area contributed by atoms with Crippen LogP contribution in [0.5, 0.6) is 17.2 Å². The highest BCUT2D eigenvalue weighted by atomic mass is 19.1. The molecule has 0 radical (unpaired) electrons. The Kier molecular flexibility index (Phi) is 10.3. The highest BCUT2D eigenvalue weighted by Crippen LogP contribution is 2.37. The van der Waals surface area contributed by atoms with Crippen LogP contribution in [0.3, 0.4) is 0 Å². The third kappa shape index (κ3) is 7.95. The van der Waals surface area contributed by atoms with Crippen LogP contribution in [-0.4, -0.2) is 75.1 Å². The molecule has 3 heterocycles. The maximum Gasteiger partial charge on any atom is 0.442 e. The minimum absolute atomic E-state index is 0.0301. The van der Waals surface area contributed by atoms with Crippen LogP contribution in [0.15, 0.2) is 65.9 Å². The lowest BCUT2D eigenvalue weighted by Crippen LogP contribution is -2.43. The predicted molar refractivity (Wildman–Crippen MR) is 168 cm³/mol. The van der Waals surface area contributed by atoms with Crippen molar-refractivity contribution in [3.05, 3.63) is 77.9 Å². The molecule has 45 heavy (non-hydrogen) atoms. The normalized spacial score (nSPS) is 13.8. The Hall–Kier alpha value is -4.55. The van der Waals surface area contributed by atoms with E-state index in [4.69, 9.17) is 19.2 Å². The molecule has 0 unspecified atom stereocenters. The van der Waals surface area contributed by atoms with Gasteiger partial charge in [0.2, 0.25) is 5.62 Å². The van der Waals surface area contributed by atoms with E-state index in [-0.39, 0.29) is 42.5 Å². The summed E-state index contributed by atoms with van der Waals surface area (Å²) >= 11 is 0. The van der Waals surface area contributed by atoms with Crippen LogP contribution in [-0.2, 0) is 13.0 Å². The number of aliphatic hydroxyl groups is 1. The smallest absolute Gasteiger partial charge is 0.442 e. The van der Waals surface area contributed by atoms with Crippen molar-refractivity contribution in [2.45, 2.75) is 58.8 Å². The molecule has 0 fully saturated rings. The lowest BCUT2D eigenvalue weighted by atomic mass is 10.1. The van der Waals surface area contributed by atoms with Gasteiger partial charge in [-0.3, -0.25) is 14.5 Å². The minimum atomic E-state index is -0.842. The van der Waals surface area contributed by atoms with Gasteiger partial charge in [0.05, 0.1) is 12.8 Å². The molecule has 1 atom stereocenters. The van der Waals surface area contributed by atoms with Gasteiger partial charge in [0.15, 0.2) is 17.2 Å². The fraction of sp³-hybridized carbons (Fsp3) is 0.394. The van der Waals surface area contributed by atoms with Crippen LogP contribution in [0.2, 0.25) is 0 Å². The number of amides is 1. The van der Waals surface area contributed by atoms with E-state index in [0.717, 1.165) is 16.8 Å². The molecule has 0 bridgehead atoms. The Labute approximate surface area is 261 Å². The maximum atomic E-state index is 13.4. The molecule has 2 N–H and O–H groups in total. The number of pyridine rings is 1. The van der Waals surface area contributed by atoms with E-state index in [9.17, 15) is 14.3 Å². The van der Waals surface area contributed by atoms with Crippen LogP contribution in [0.4, 0.5) is 15.0 Å². The molecule has 5 rings (SSSR count). The molecular formula is C33H39FN6O5. The number of halogens is 1. The number of ether oxygens (including phenoxy) is 3. The molecule has 0 saturated carbocycles. The number of carbonyl (C=O) groups is 1. The third-order valence-electron chi connectivity index (χ3n) is 7.46. The molecule has 12 heteroatoms.